The fraction of sp³-hybridized carbons (Fsp3) is 0.400. The molecule has 1 aromatic carbocycles. The Morgan fingerprint density at radius 3 is 3.00 bits per heavy atom. The van der Waals surface area contributed by atoms with E-state index in [1.165, 1.54) is 0 Å². The average molecular weight is 320 g/mol. The van der Waals surface area contributed by atoms with Crippen LogP contribution in [0.25, 0.3) is 0 Å². The molecule has 2 aliphatic rings. The van der Waals surface area contributed by atoms with Crippen molar-refractivity contribution in [1.29, 1.82) is 0 Å². The number of fused-ring (bicyclic) bond motifs is 1. The van der Waals surface area contributed by atoms with Crippen LogP contribution in [-0.4, -0.2) is 60.2 Å². The van der Waals surface area contributed by atoms with Gasteiger partial charge in [0, 0.05) is 18.7 Å². The number of anilines is 1. The highest BCUT2D eigenvalue weighted by Crippen LogP contribution is 2.29. The highest BCUT2D eigenvalue weighted by molar-refractivity contribution is 5.99. The molecule has 0 aromatic heterocycles. The highest BCUT2D eigenvalue weighted by Gasteiger charge is 2.27. The van der Waals surface area contributed by atoms with E-state index in [0.29, 0.717) is 30.2 Å². The van der Waals surface area contributed by atoms with Crippen molar-refractivity contribution in [2.45, 2.75) is 12.5 Å². The van der Waals surface area contributed by atoms with Crippen LogP contribution in [-0.2, 0) is 14.3 Å². The Kier molecular flexibility index (Phi) is 4.16. The van der Waals surface area contributed by atoms with Gasteiger partial charge >= 0.3 is 5.97 Å². The standard InChI is InChI=1S/C15H16N2O6/c18-13-8-23-12-2-1-9(5-11(12)16-13)15(21)17-3-4-22-10(7-17)6-14(19)20/h1-2,5,10H,3-4,6-8H2,(H,16,18)(H,19,20). The Hall–Kier alpha value is -2.61. The molecule has 1 atom stereocenters. The highest BCUT2D eigenvalue weighted by atomic mass is 16.5. The molecule has 0 saturated carbocycles. The summed E-state index contributed by atoms with van der Waals surface area (Å²) < 4.78 is 10.6. The van der Waals surface area contributed by atoms with Gasteiger partial charge in [-0.1, -0.05) is 0 Å². The van der Waals surface area contributed by atoms with Crippen molar-refractivity contribution in [2.75, 3.05) is 31.6 Å². The van der Waals surface area contributed by atoms with Gasteiger partial charge in [0.25, 0.3) is 11.8 Å². The minimum Gasteiger partial charge on any atom is -0.482 e. The van der Waals surface area contributed by atoms with E-state index in [1.54, 1.807) is 23.1 Å². The van der Waals surface area contributed by atoms with Crippen LogP contribution in [0.4, 0.5) is 5.69 Å². The van der Waals surface area contributed by atoms with Crippen molar-refractivity contribution >= 4 is 23.5 Å². The minimum atomic E-state index is -0.960. The maximum Gasteiger partial charge on any atom is 0.306 e. The number of carbonyl (C=O) groups excluding carboxylic acids is 2. The number of carbonyl (C=O) groups is 3. The molecule has 2 amide bonds. The molecule has 2 aliphatic heterocycles. The van der Waals surface area contributed by atoms with E-state index >= 15 is 0 Å². The van der Waals surface area contributed by atoms with Crippen molar-refractivity contribution in [3.8, 4) is 5.75 Å². The molecule has 1 fully saturated rings. The van der Waals surface area contributed by atoms with Crippen molar-refractivity contribution in [3.63, 3.8) is 0 Å². The molecule has 0 radical (unpaired) electrons. The summed E-state index contributed by atoms with van der Waals surface area (Å²) in [6.07, 6.45) is -0.649. The van der Waals surface area contributed by atoms with Crippen molar-refractivity contribution in [2.24, 2.45) is 0 Å². The van der Waals surface area contributed by atoms with Gasteiger partial charge in [-0.15, -0.1) is 0 Å². The van der Waals surface area contributed by atoms with Crippen LogP contribution in [0.3, 0.4) is 0 Å². The lowest BCUT2D eigenvalue weighted by molar-refractivity contribution is -0.141. The van der Waals surface area contributed by atoms with E-state index in [0.717, 1.165) is 0 Å². The summed E-state index contributed by atoms with van der Waals surface area (Å²) in [5, 5.41) is 11.5. The summed E-state index contributed by atoms with van der Waals surface area (Å²) >= 11 is 0. The summed E-state index contributed by atoms with van der Waals surface area (Å²) in [7, 11) is 0. The second-order valence-electron chi connectivity index (χ2n) is 5.39. The number of nitrogens with one attached hydrogen (secondary N) is 1. The number of morpholine rings is 1. The largest absolute Gasteiger partial charge is 0.482 e. The number of ether oxygens (including phenoxy) is 2. The molecule has 0 bridgehead atoms. The SMILES string of the molecule is O=C(O)CC1CN(C(=O)c2ccc3c(c2)NC(=O)CO3)CCO1. The number of carboxylic acids is 1. The number of benzene rings is 1. The molecule has 0 aliphatic carbocycles. The van der Waals surface area contributed by atoms with Crippen LogP contribution in [0.5, 0.6) is 5.75 Å². The topological polar surface area (TPSA) is 105 Å². The van der Waals surface area contributed by atoms with E-state index in [2.05, 4.69) is 5.32 Å². The van der Waals surface area contributed by atoms with Crippen LogP contribution in [0.2, 0.25) is 0 Å². The van der Waals surface area contributed by atoms with Crippen molar-refractivity contribution in [1.82, 2.24) is 4.90 Å². The first-order chi connectivity index (χ1) is 11.0. The van der Waals surface area contributed by atoms with Gasteiger partial charge in [-0.3, -0.25) is 14.4 Å². The van der Waals surface area contributed by atoms with E-state index < -0.39 is 12.1 Å². The number of hydrogen-bond donors (Lipinski definition) is 2. The number of amides is 2. The van der Waals surface area contributed by atoms with E-state index in [4.69, 9.17) is 14.6 Å². The molecule has 8 heteroatoms. The third kappa shape index (κ3) is 3.42. The molecule has 8 nitrogen and oxygen atoms in total. The van der Waals surface area contributed by atoms with Crippen LogP contribution in [0, 0.1) is 0 Å². The number of rotatable bonds is 3. The van der Waals surface area contributed by atoms with E-state index in [-0.39, 0.29) is 31.4 Å². The minimum absolute atomic E-state index is 0.0410. The van der Waals surface area contributed by atoms with Crippen molar-refractivity contribution in [3.05, 3.63) is 23.8 Å². The lowest BCUT2D eigenvalue weighted by Gasteiger charge is -2.32. The lowest BCUT2D eigenvalue weighted by atomic mass is 10.1. The van der Waals surface area contributed by atoms with Crippen LogP contribution >= 0.6 is 0 Å². The monoisotopic (exact) mass is 320 g/mol. The zero-order valence-corrected chi connectivity index (χ0v) is 12.3. The van der Waals surface area contributed by atoms with Gasteiger partial charge < -0.3 is 24.8 Å². The van der Waals surface area contributed by atoms with Gasteiger partial charge in [-0.05, 0) is 18.2 Å². The average Bonchev–Trinajstić information content (AvgIpc) is 2.53. The third-order valence-corrected chi connectivity index (χ3v) is 3.69. The van der Waals surface area contributed by atoms with Crippen molar-refractivity contribution < 1.29 is 29.0 Å². The second kappa shape index (κ2) is 6.25. The molecule has 122 valence electrons. The number of hydrogen-bond acceptors (Lipinski definition) is 5. The smallest absolute Gasteiger partial charge is 0.306 e. The summed E-state index contributed by atoms with van der Waals surface area (Å²) in [5.41, 5.74) is 0.868. The zero-order valence-electron chi connectivity index (χ0n) is 12.3. The fourth-order valence-electron chi connectivity index (χ4n) is 2.62. The second-order valence-corrected chi connectivity index (χ2v) is 5.39. The van der Waals surface area contributed by atoms with Gasteiger partial charge in [-0.2, -0.15) is 0 Å². The van der Waals surface area contributed by atoms with E-state index in [1.807, 2.05) is 0 Å². The fourth-order valence-corrected chi connectivity index (χ4v) is 2.62. The molecule has 0 spiro atoms. The molecule has 1 saturated heterocycles. The van der Waals surface area contributed by atoms with Gasteiger partial charge in [0.1, 0.15) is 5.75 Å². The molecule has 23 heavy (non-hydrogen) atoms. The molecule has 3 rings (SSSR count). The number of aliphatic carboxylic acids is 1. The molecule has 1 unspecified atom stereocenters. The lowest BCUT2D eigenvalue weighted by Crippen LogP contribution is -2.46. The number of nitrogens with zero attached hydrogens (tertiary/aromatic N) is 1. The Morgan fingerprint density at radius 2 is 2.22 bits per heavy atom. The molecule has 1 aromatic rings. The Labute approximate surface area is 132 Å². The maximum absolute atomic E-state index is 12.6. The quantitative estimate of drug-likeness (QED) is 0.832. The Bertz CT molecular complexity index is 659. The number of carboxylic acid groups (broad SMARTS) is 1. The summed E-state index contributed by atoms with van der Waals surface area (Å²) in [5.74, 6) is -0.939. The molecular formula is C15H16N2O6. The van der Waals surface area contributed by atoms with Gasteiger partial charge in [0.2, 0.25) is 0 Å². The van der Waals surface area contributed by atoms with Gasteiger partial charge in [-0.25, -0.2) is 0 Å². The zero-order chi connectivity index (χ0) is 16.4. The van der Waals surface area contributed by atoms with Crippen LogP contribution in [0.15, 0.2) is 18.2 Å². The predicted molar refractivity (Wildman–Crippen MR) is 78.5 cm³/mol. The summed E-state index contributed by atoms with van der Waals surface area (Å²) in [6, 6.07) is 4.83. The van der Waals surface area contributed by atoms with Gasteiger partial charge in [0.15, 0.2) is 6.61 Å². The summed E-state index contributed by atoms with van der Waals surface area (Å²) in [6.45, 7) is 0.884. The summed E-state index contributed by atoms with van der Waals surface area (Å²) in [4.78, 5) is 36.2. The maximum atomic E-state index is 12.6. The van der Waals surface area contributed by atoms with E-state index in [9.17, 15) is 14.4 Å². The first-order valence-corrected chi connectivity index (χ1v) is 7.22. The Balaban J connectivity index is 1.73. The molecule has 2 heterocycles. The molecular weight excluding hydrogens is 304 g/mol. The normalized spacial score (nSPS) is 20.3. The Morgan fingerprint density at radius 1 is 1.39 bits per heavy atom. The first kappa shape index (κ1) is 15.3. The third-order valence-electron chi connectivity index (χ3n) is 3.69. The van der Waals surface area contributed by atoms with Crippen LogP contribution in [0.1, 0.15) is 16.8 Å². The van der Waals surface area contributed by atoms with Gasteiger partial charge in [0.05, 0.1) is 24.8 Å². The molecule has 2 N–H and O–H groups in total. The first-order valence-electron chi connectivity index (χ1n) is 7.22. The van der Waals surface area contributed by atoms with Crippen LogP contribution < -0.4 is 10.1 Å². The predicted octanol–water partition coefficient (Wildman–Crippen LogP) is 0.333.